The third-order valence-electron chi connectivity index (χ3n) is 4.84. The molecule has 7 nitrogen and oxygen atoms in total. The number of benzene rings is 2. The van der Waals surface area contributed by atoms with Gasteiger partial charge in [-0.05, 0) is 55.0 Å². The number of aryl methyl sites for hydroxylation is 1. The standard InChI is InChI=1S/C24H25N3O4S2/c1-5-13-27(14-6-2)33(29,30)20-10-7-18(8-11-20)23(28)26-24-25-21(16-32-24)19-9-12-22(31-4)17(3)15-19/h5-12,15-16H,1-2,13-14H2,3-4H3,(H,25,26,28). The van der Waals surface area contributed by atoms with Crippen molar-refractivity contribution in [3.63, 3.8) is 0 Å². The van der Waals surface area contributed by atoms with Gasteiger partial charge in [-0.1, -0.05) is 12.2 Å². The maximum Gasteiger partial charge on any atom is 0.257 e. The van der Waals surface area contributed by atoms with E-state index in [-0.39, 0.29) is 23.9 Å². The number of hydrogen-bond acceptors (Lipinski definition) is 6. The minimum absolute atomic E-state index is 0.0918. The number of rotatable bonds is 10. The Balaban J connectivity index is 1.73. The van der Waals surface area contributed by atoms with E-state index in [0.29, 0.717) is 10.7 Å². The molecule has 0 atom stereocenters. The van der Waals surface area contributed by atoms with Crippen LogP contribution in [0.25, 0.3) is 11.3 Å². The maximum atomic E-state index is 12.8. The summed E-state index contributed by atoms with van der Waals surface area (Å²) in [5.41, 5.74) is 2.98. The van der Waals surface area contributed by atoms with Crippen molar-refractivity contribution in [3.05, 3.63) is 84.3 Å². The van der Waals surface area contributed by atoms with Crippen molar-refractivity contribution in [2.24, 2.45) is 0 Å². The monoisotopic (exact) mass is 483 g/mol. The molecule has 33 heavy (non-hydrogen) atoms. The first kappa shape index (κ1) is 24.4. The number of ether oxygens (including phenoxy) is 1. The first-order chi connectivity index (χ1) is 15.8. The van der Waals surface area contributed by atoms with Crippen molar-refractivity contribution in [2.75, 3.05) is 25.5 Å². The number of anilines is 1. The van der Waals surface area contributed by atoms with E-state index in [2.05, 4.69) is 23.5 Å². The van der Waals surface area contributed by atoms with E-state index in [4.69, 9.17) is 4.74 Å². The Bertz CT molecular complexity index is 1260. The summed E-state index contributed by atoms with van der Waals surface area (Å²) >= 11 is 1.31. The molecule has 1 amide bonds. The summed E-state index contributed by atoms with van der Waals surface area (Å²) in [6.45, 7) is 9.47. The number of hydrogen-bond donors (Lipinski definition) is 1. The van der Waals surface area contributed by atoms with Crippen LogP contribution < -0.4 is 10.1 Å². The third-order valence-corrected chi connectivity index (χ3v) is 7.44. The number of nitrogens with one attached hydrogen (secondary N) is 1. The molecule has 2 aromatic carbocycles. The topological polar surface area (TPSA) is 88.6 Å². The normalized spacial score (nSPS) is 11.2. The second-order valence-corrected chi connectivity index (χ2v) is 9.90. The molecule has 1 N–H and O–H groups in total. The third kappa shape index (κ3) is 5.57. The van der Waals surface area contributed by atoms with E-state index in [1.807, 2.05) is 30.5 Å². The van der Waals surface area contributed by atoms with Crippen LogP contribution >= 0.6 is 11.3 Å². The van der Waals surface area contributed by atoms with Crippen molar-refractivity contribution in [2.45, 2.75) is 11.8 Å². The lowest BCUT2D eigenvalue weighted by molar-refractivity contribution is 0.102. The smallest absolute Gasteiger partial charge is 0.257 e. The number of amides is 1. The number of carbonyl (C=O) groups is 1. The highest BCUT2D eigenvalue weighted by Gasteiger charge is 2.22. The van der Waals surface area contributed by atoms with Gasteiger partial charge in [0.25, 0.3) is 5.91 Å². The Morgan fingerprint density at radius 2 is 1.82 bits per heavy atom. The Kier molecular flexibility index (Phi) is 7.80. The van der Waals surface area contributed by atoms with Crippen molar-refractivity contribution in [1.82, 2.24) is 9.29 Å². The largest absolute Gasteiger partial charge is 0.496 e. The summed E-state index contributed by atoms with van der Waals surface area (Å²) in [5.74, 6) is 0.421. The van der Waals surface area contributed by atoms with E-state index in [9.17, 15) is 13.2 Å². The molecule has 3 rings (SSSR count). The molecule has 0 radical (unpaired) electrons. The van der Waals surface area contributed by atoms with Gasteiger partial charge < -0.3 is 4.74 Å². The Morgan fingerprint density at radius 3 is 2.39 bits per heavy atom. The molecule has 0 spiro atoms. The Hall–Kier alpha value is -3.27. The molecule has 0 saturated heterocycles. The van der Waals surface area contributed by atoms with Crippen LogP contribution in [0.15, 0.2) is 78.1 Å². The summed E-state index contributed by atoms with van der Waals surface area (Å²) in [4.78, 5) is 17.2. The lowest BCUT2D eigenvalue weighted by Crippen LogP contribution is -2.31. The van der Waals surface area contributed by atoms with Crippen LogP contribution in [0.2, 0.25) is 0 Å². The fourth-order valence-corrected chi connectivity index (χ4v) is 5.25. The van der Waals surface area contributed by atoms with Crippen molar-refractivity contribution >= 4 is 32.4 Å². The molecule has 0 aliphatic carbocycles. The number of sulfonamides is 1. The summed E-state index contributed by atoms with van der Waals surface area (Å²) < 4.78 is 32.1. The lowest BCUT2D eigenvalue weighted by atomic mass is 10.1. The second-order valence-electron chi connectivity index (χ2n) is 7.10. The van der Waals surface area contributed by atoms with Gasteiger partial charge in [-0.2, -0.15) is 4.31 Å². The molecule has 9 heteroatoms. The van der Waals surface area contributed by atoms with Crippen molar-refractivity contribution < 1.29 is 17.9 Å². The number of aromatic nitrogens is 1. The highest BCUT2D eigenvalue weighted by molar-refractivity contribution is 7.89. The highest BCUT2D eigenvalue weighted by Crippen LogP contribution is 2.29. The van der Waals surface area contributed by atoms with Crippen LogP contribution in [-0.4, -0.2) is 43.8 Å². The number of carbonyl (C=O) groups excluding carboxylic acids is 1. The van der Waals surface area contributed by atoms with E-state index >= 15 is 0 Å². The van der Waals surface area contributed by atoms with Crippen molar-refractivity contribution in [3.8, 4) is 17.0 Å². The first-order valence-corrected chi connectivity index (χ1v) is 12.4. The zero-order valence-electron chi connectivity index (χ0n) is 18.4. The van der Waals surface area contributed by atoms with Crippen LogP contribution in [-0.2, 0) is 10.0 Å². The average molecular weight is 484 g/mol. The van der Waals surface area contributed by atoms with Crippen molar-refractivity contribution in [1.29, 1.82) is 0 Å². The summed E-state index contributed by atoms with van der Waals surface area (Å²) in [7, 11) is -2.10. The highest BCUT2D eigenvalue weighted by atomic mass is 32.2. The summed E-state index contributed by atoms with van der Waals surface area (Å²) in [6.07, 6.45) is 3.02. The Labute approximate surface area is 198 Å². The molecule has 0 unspecified atom stereocenters. The predicted molar refractivity (Wildman–Crippen MR) is 132 cm³/mol. The zero-order chi connectivity index (χ0) is 24.0. The molecular formula is C24H25N3O4S2. The molecular weight excluding hydrogens is 458 g/mol. The van der Waals surface area contributed by atoms with E-state index in [1.165, 1.54) is 52.1 Å². The second kappa shape index (κ2) is 10.6. The number of methoxy groups -OCH3 is 1. The predicted octanol–water partition coefficient (Wildman–Crippen LogP) is 4.74. The zero-order valence-corrected chi connectivity index (χ0v) is 20.1. The lowest BCUT2D eigenvalue weighted by Gasteiger charge is -2.19. The quantitative estimate of drug-likeness (QED) is 0.421. The van der Waals surface area contributed by atoms with E-state index in [0.717, 1.165) is 22.6 Å². The minimum atomic E-state index is -3.72. The molecule has 0 aliphatic heterocycles. The van der Waals surface area contributed by atoms with Crippen LogP contribution in [0.1, 0.15) is 15.9 Å². The summed E-state index contributed by atoms with van der Waals surface area (Å²) in [6, 6.07) is 11.5. The maximum absolute atomic E-state index is 12.8. The molecule has 1 heterocycles. The van der Waals surface area contributed by atoms with Crippen LogP contribution in [0.4, 0.5) is 5.13 Å². The van der Waals surface area contributed by atoms with Gasteiger partial charge in [0.1, 0.15) is 5.75 Å². The molecule has 0 bridgehead atoms. The van der Waals surface area contributed by atoms with Crippen LogP contribution in [0.5, 0.6) is 5.75 Å². The average Bonchev–Trinajstić information content (AvgIpc) is 3.27. The number of thiazole rings is 1. The SMILES string of the molecule is C=CCN(CC=C)S(=O)(=O)c1ccc(C(=O)Nc2nc(-c3ccc(OC)c(C)c3)cs2)cc1. The minimum Gasteiger partial charge on any atom is -0.496 e. The molecule has 0 saturated carbocycles. The van der Waals surface area contributed by atoms with Gasteiger partial charge in [0.2, 0.25) is 10.0 Å². The van der Waals surface area contributed by atoms with Gasteiger partial charge in [0, 0.05) is 29.6 Å². The number of nitrogens with zero attached hydrogens (tertiary/aromatic N) is 2. The molecule has 0 fully saturated rings. The van der Waals surface area contributed by atoms with Gasteiger partial charge in [0.05, 0.1) is 17.7 Å². The first-order valence-electron chi connectivity index (χ1n) is 10.0. The van der Waals surface area contributed by atoms with Gasteiger partial charge >= 0.3 is 0 Å². The van der Waals surface area contributed by atoms with E-state index < -0.39 is 10.0 Å². The van der Waals surface area contributed by atoms with Gasteiger partial charge in [-0.3, -0.25) is 10.1 Å². The fourth-order valence-electron chi connectivity index (χ4n) is 3.16. The van der Waals surface area contributed by atoms with Crippen LogP contribution in [0, 0.1) is 6.92 Å². The van der Waals surface area contributed by atoms with Crippen LogP contribution in [0.3, 0.4) is 0 Å². The van der Waals surface area contributed by atoms with Gasteiger partial charge in [-0.15, -0.1) is 24.5 Å². The fraction of sp³-hybridized carbons (Fsp3) is 0.167. The summed E-state index contributed by atoms with van der Waals surface area (Å²) in [5, 5.41) is 5.07. The molecule has 172 valence electrons. The molecule has 0 aliphatic rings. The Morgan fingerprint density at radius 1 is 1.15 bits per heavy atom. The van der Waals surface area contributed by atoms with Gasteiger partial charge in [0.15, 0.2) is 5.13 Å². The van der Waals surface area contributed by atoms with E-state index in [1.54, 1.807) is 7.11 Å². The van der Waals surface area contributed by atoms with Gasteiger partial charge in [-0.25, -0.2) is 13.4 Å². The molecule has 3 aromatic rings. The molecule has 1 aromatic heterocycles.